The molecule has 0 N–H and O–H groups in total. The zero-order valence-electron chi connectivity index (χ0n) is 15.1. The third kappa shape index (κ3) is 4.09. The third-order valence-electron chi connectivity index (χ3n) is 5.04. The number of likely N-dealkylation sites (tertiary alicyclic amines) is 1. The van der Waals surface area contributed by atoms with Gasteiger partial charge in [-0.3, -0.25) is 4.79 Å². The Morgan fingerprint density at radius 1 is 1.04 bits per heavy atom. The van der Waals surface area contributed by atoms with Crippen molar-refractivity contribution >= 4 is 5.91 Å². The molecule has 1 amide bonds. The van der Waals surface area contributed by atoms with E-state index in [1.165, 1.54) is 0 Å². The van der Waals surface area contributed by atoms with E-state index in [-0.39, 0.29) is 12.0 Å². The molecule has 1 aliphatic heterocycles. The lowest BCUT2D eigenvalue weighted by Crippen LogP contribution is -2.44. The summed E-state index contributed by atoms with van der Waals surface area (Å²) in [6.07, 6.45) is 8.91. The molecule has 3 rings (SSSR count). The monoisotopic (exact) mass is 345 g/mol. The van der Waals surface area contributed by atoms with Gasteiger partial charge in [-0.05, 0) is 31.4 Å². The molecule has 1 atom stereocenters. The Labute approximate surface area is 149 Å². The van der Waals surface area contributed by atoms with E-state index in [9.17, 15) is 4.79 Å². The molecule has 1 fully saturated rings. The number of para-hydroxylation sites is 1. The highest BCUT2D eigenvalue weighted by Gasteiger charge is 2.29. The van der Waals surface area contributed by atoms with Crippen LogP contribution in [0.5, 0.6) is 17.2 Å². The summed E-state index contributed by atoms with van der Waals surface area (Å²) in [7, 11) is 3.25. The fourth-order valence-electron chi connectivity index (χ4n) is 3.57. The van der Waals surface area contributed by atoms with Crippen molar-refractivity contribution in [3.63, 3.8) is 0 Å². The largest absolute Gasteiger partial charge is 0.493 e. The van der Waals surface area contributed by atoms with Crippen LogP contribution in [-0.2, 0) is 4.79 Å². The molecule has 1 aromatic rings. The third-order valence-corrected chi connectivity index (χ3v) is 5.04. The van der Waals surface area contributed by atoms with E-state index in [0.717, 1.165) is 45.2 Å². The van der Waals surface area contributed by atoms with Crippen LogP contribution in [0.15, 0.2) is 30.4 Å². The number of allylic oxidation sites excluding steroid dienone is 2. The second-order valence-corrected chi connectivity index (χ2v) is 6.62. The highest BCUT2D eigenvalue weighted by atomic mass is 16.5. The maximum Gasteiger partial charge on any atom is 0.226 e. The Morgan fingerprint density at radius 2 is 1.72 bits per heavy atom. The van der Waals surface area contributed by atoms with Gasteiger partial charge in [-0.25, -0.2) is 0 Å². The Balaban J connectivity index is 1.58. The van der Waals surface area contributed by atoms with Crippen LogP contribution in [0.25, 0.3) is 0 Å². The van der Waals surface area contributed by atoms with Crippen LogP contribution in [0, 0.1) is 5.92 Å². The number of hydrogen-bond acceptors (Lipinski definition) is 4. The Bertz CT molecular complexity index is 598. The molecule has 2 aliphatic rings. The van der Waals surface area contributed by atoms with Crippen LogP contribution >= 0.6 is 0 Å². The molecular weight excluding hydrogens is 318 g/mol. The lowest BCUT2D eigenvalue weighted by Gasteiger charge is -2.35. The first kappa shape index (κ1) is 17.6. The molecule has 0 radical (unpaired) electrons. The summed E-state index contributed by atoms with van der Waals surface area (Å²) in [6, 6.07) is 5.62. The average Bonchev–Trinajstić information content (AvgIpc) is 2.69. The minimum atomic E-state index is 0.0699. The van der Waals surface area contributed by atoms with E-state index in [1.807, 2.05) is 23.1 Å². The van der Waals surface area contributed by atoms with Crippen molar-refractivity contribution in [3.8, 4) is 17.2 Å². The van der Waals surface area contributed by atoms with E-state index >= 15 is 0 Å². The van der Waals surface area contributed by atoms with Gasteiger partial charge in [-0.15, -0.1) is 0 Å². The second kappa shape index (κ2) is 8.28. The zero-order chi connectivity index (χ0) is 17.6. The average molecular weight is 345 g/mol. The van der Waals surface area contributed by atoms with Crippen LogP contribution in [0.2, 0.25) is 0 Å². The van der Waals surface area contributed by atoms with Gasteiger partial charge in [0.15, 0.2) is 11.5 Å². The number of ether oxygens (including phenoxy) is 3. The SMILES string of the molecule is COc1cccc(OC)c1OC1CCN(C(=O)[C@@H]2CC=CCC2)CC1. The van der Waals surface area contributed by atoms with Gasteiger partial charge in [-0.2, -0.15) is 0 Å². The van der Waals surface area contributed by atoms with Gasteiger partial charge in [0.2, 0.25) is 11.7 Å². The van der Waals surface area contributed by atoms with E-state index < -0.39 is 0 Å². The molecule has 136 valence electrons. The summed E-state index contributed by atoms with van der Waals surface area (Å²) in [5.41, 5.74) is 0. The molecule has 25 heavy (non-hydrogen) atoms. The molecule has 0 aromatic heterocycles. The van der Waals surface area contributed by atoms with Crippen molar-refractivity contribution in [2.75, 3.05) is 27.3 Å². The van der Waals surface area contributed by atoms with Crippen molar-refractivity contribution in [2.24, 2.45) is 5.92 Å². The first-order valence-electron chi connectivity index (χ1n) is 9.04. The molecule has 5 nitrogen and oxygen atoms in total. The fourth-order valence-corrected chi connectivity index (χ4v) is 3.57. The number of methoxy groups -OCH3 is 2. The number of nitrogens with zero attached hydrogens (tertiary/aromatic N) is 1. The quantitative estimate of drug-likeness (QED) is 0.767. The van der Waals surface area contributed by atoms with Crippen molar-refractivity contribution in [1.29, 1.82) is 0 Å². The standard InChI is InChI=1S/C20H27NO4/c1-23-17-9-6-10-18(24-2)19(17)25-16-11-13-21(14-12-16)20(22)15-7-4-3-5-8-15/h3-4,6,9-10,15-16H,5,7-8,11-14H2,1-2H3/t15-/m1/s1. The van der Waals surface area contributed by atoms with Gasteiger partial charge >= 0.3 is 0 Å². The number of rotatable bonds is 5. The Kier molecular flexibility index (Phi) is 5.84. The first-order valence-corrected chi connectivity index (χ1v) is 9.04. The van der Waals surface area contributed by atoms with Crippen LogP contribution in [0.3, 0.4) is 0 Å². The van der Waals surface area contributed by atoms with E-state index in [1.54, 1.807) is 14.2 Å². The fraction of sp³-hybridized carbons (Fsp3) is 0.550. The van der Waals surface area contributed by atoms with E-state index in [0.29, 0.717) is 23.2 Å². The first-order chi connectivity index (χ1) is 12.2. The lowest BCUT2D eigenvalue weighted by atomic mass is 9.92. The zero-order valence-corrected chi connectivity index (χ0v) is 15.1. The normalized spacial score (nSPS) is 21.0. The molecular formula is C20H27NO4. The molecule has 0 spiro atoms. The number of carbonyl (C=O) groups is 1. The predicted molar refractivity (Wildman–Crippen MR) is 96.3 cm³/mol. The summed E-state index contributed by atoms with van der Waals surface area (Å²) >= 11 is 0. The number of hydrogen-bond donors (Lipinski definition) is 0. The second-order valence-electron chi connectivity index (χ2n) is 6.62. The highest BCUT2D eigenvalue weighted by molar-refractivity contribution is 5.79. The summed E-state index contributed by atoms with van der Waals surface area (Å²) in [5.74, 6) is 2.46. The van der Waals surface area contributed by atoms with E-state index in [2.05, 4.69) is 12.2 Å². The summed E-state index contributed by atoms with van der Waals surface area (Å²) in [4.78, 5) is 14.6. The summed E-state index contributed by atoms with van der Waals surface area (Å²) < 4.78 is 17.0. The van der Waals surface area contributed by atoms with Gasteiger partial charge < -0.3 is 19.1 Å². The van der Waals surface area contributed by atoms with Crippen LogP contribution in [0.1, 0.15) is 32.1 Å². The van der Waals surface area contributed by atoms with E-state index in [4.69, 9.17) is 14.2 Å². The topological polar surface area (TPSA) is 48.0 Å². The Morgan fingerprint density at radius 3 is 2.28 bits per heavy atom. The van der Waals surface area contributed by atoms with Gasteiger partial charge in [-0.1, -0.05) is 18.2 Å². The summed E-state index contributed by atoms with van der Waals surface area (Å²) in [5, 5.41) is 0. The predicted octanol–water partition coefficient (Wildman–Crippen LogP) is 3.43. The maximum absolute atomic E-state index is 12.6. The highest BCUT2D eigenvalue weighted by Crippen LogP contribution is 2.38. The van der Waals surface area contributed by atoms with Crippen molar-refractivity contribution < 1.29 is 19.0 Å². The summed E-state index contributed by atoms with van der Waals surface area (Å²) in [6.45, 7) is 1.50. The number of amides is 1. The molecule has 0 saturated carbocycles. The molecule has 1 aromatic carbocycles. The number of carbonyl (C=O) groups excluding carboxylic acids is 1. The molecule has 5 heteroatoms. The van der Waals surface area contributed by atoms with Crippen molar-refractivity contribution in [1.82, 2.24) is 4.90 Å². The molecule has 1 heterocycles. The van der Waals surface area contributed by atoms with Gasteiger partial charge in [0.25, 0.3) is 0 Å². The molecule has 1 saturated heterocycles. The lowest BCUT2D eigenvalue weighted by molar-refractivity contribution is -0.137. The minimum absolute atomic E-state index is 0.0699. The van der Waals surface area contributed by atoms with Gasteiger partial charge in [0.05, 0.1) is 14.2 Å². The Hall–Kier alpha value is -2.17. The molecule has 0 unspecified atom stereocenters. The maximum atomic E-state index is 12.6. The van der Waals surface area contributed by atoms with Crippen LogP contribution in [0.4, 0.5) is 0 Å². The van der Waals surface area contributed by atoms with Crippen LogP contribution < -0.4 is 14.2 Å². The minimum Gasteiger partial charge on any atom is -0.493 e. The van der Waals surface area contributed by atoms with Gasteiger partial charge in [0, 0.05) is 31.8 Å². The van der Waals surface area contributed by atoms with Crippen molar-refractivity contribution in [2.45, 2.75) is 38.2 Å². The van der Waals surface area contributed by atoms with Crippen molar-refractivity contribution in [3.05, 3.63) is 30.4 Å². The number of benzene rings is 1. The number of piperidine rings is 1. The molecule has 1 aliphatic carbocycles. The van der Waals surface area contributed by atoms with Crippen LogP contribution in [-0.4, -0.2) is 44.2 Å². The smallest absolute Gasteiger partial charge is 0.226 e. The van der Waals surface area contributed by atoms with Gasteiger partial charge in [0.1, 0.15) is 6.10 Å². The molecule has 0 bridgehead atoms.